The van der Waals surface area contributed by atoms with Crippen molar-refractivity contribution in [2.24, 2.45) is 17.8 Å². The fourth-order valence-corrected chi connectivity index (χ4v) is 9.39. The van der Waals surface area contributed by atoms with E-state index in [1.54, 1.807) is 18.2 Å². The summed E-state index contributed by atoms with van der Waals surface area (Å²) in [4.78, 5) is 56.4. The van der Waals surface area contributed by atoms with Crippen molar-refractivity contribution in [1.29, 1.82) is 0 Å². The standard InChI is InChI=1S/C33H33Cl2N3O5/c1-36-30(42)32(34)17-24-21(27(33(32,35)31(36)43)22-9-5-6-10-25(22)39)11-12-23-26(24)29(41)38(28(23)40)20-13-15-37(16-14-20)18-19-7-3-2-4-8-19/h2-11,20,23-24,26-27,39H,12-18H2,1H3/t23-,24+,26-,27+,32+,33-/m0/s1. The fraction of sp³-hybridized carbons (Fsp3) is 0.455. The first-order valence-electron chi connectivity index (χ1n) is 14.9. The normalized spacial score (nSPS) is 34.7. The summed E-state index contributed by atoms with van der Waals surface area (Å²) in [5.74, 6) is -4.59. The predicted molar refractivity (Wildman–Crippen MR) is 160 cm³/mol. The summed E-state index contributed by atoms with van der Waals surface area (Å²) in [6.45, 7) is 2.37. The molecule has 8 nitrogen and oxygen atoms in total. The number of phenols is 1. The van der Waals surface area contributed by atoms with Gasteiger partial charge in [-0.25, -0.2) is 0 Å². The van der Waals surface area contributed by atoms with E-state index in [2.05, 4.69) is 17.0 Å². The molecule has 3 aliphatic heterocycles. The van der Waals surface area contributed by atoms with Crippen LogP contribution in [0, 0.1) is 17.8 Å². The average Bonchev–Trinajstić information content (AvgIpc) is 3.33. The second-order valence-corrected chi connectivity index (χ2v) is 13.8. The van der Waals surface area contributed by atoms with E-state index in [-0.39, 0.29) is 30.0 Å². The minimum absolute atomic E-state index is 0.0492. The van der Waals surface area contributed by atoms with Crippen LogP contribution in [-0.4, -0.2) is 79.4 Å². The molecule has 7 rings (SSSR count). The van der Waals surface area contributed by atoms with Gasteiger partial charge in [0.05, 0.1) is 11.8 Å². The van der Waals surface area contributed by atoms with Gasteiger partial charge in [0.1, 0.15) is 5.75 Å². The summed E-state index contributed by atoms with van der Waals surface area (Å²) in [6, 6.07) is 16.6. The lowest BCUT2D eigenvalue weighted by Gasteiger charge is -2.50. The van der Waals surface area contributed by atoms with E-state index in [4.69, 9.17) is 23.2 Å². The lowest BCUT2D eigenvalue weighted by atomic mass is 9.56. The minimum atomic E-state index is -1.90. The van der Waals surface area contributed by atoms with Gasteiger partial charge in [0, 0.05) is 44.2 Å². The summed E-state index contributed by atoms with van der Waals surface area (Å²) < 4.78 is 0. The van der Waals surface area contributed by atoms with Gasteiger partial charge in [-0.3, -0.25) is 33.9 Å². The zero-order chi connectivity index (χ0) is 30.3. The van der Waals surface area contributed by atoms with Crippen LogP contribution in [0.4, 0.5) is 0 Å². The smallest absolute Gasteiger partial charge is 0.253 e. The molecule has 5 aliphatic rings. The third-order valence-electron chi connectivity index (χ3n) is 10.5. The van der Waals surface area contributed by atoms with Crippen LogP contribution in [-0.2, 0) is 25.7 Å². The quantitative estimate of drug-likeness (QED) is 0.314. The summed E-state index contributed by atoms with van der Waals surface area (Å²) in [6.07, 6.45) is 3.55. The van der Waals surface area contributed by atoms with E-state index >= 15 is 0 Å². The number of likely N-dealkylation sites (tertiary alicyclic amines) is 3. The number of rotatable bonds is 4. The van der Waals surface area contributed by atoms with Gasteiger partial charge in [-0.2, -0.15) is 0 Å². The molecular weight excluding hydrogens is 589 g/mol. The lowest BCUT2D eigenvalue weighted by Crippen LogP contribution is -2.60. The Morgan fingerprint density at radius 2 is 1.56 bits per heavy atom. The number of para-hydroxylation sites is 1. The Bertz CT molecular complexity index is 1560. The number of phenolic OH excluding ortho intramolecular Hbond substituents is 1. The Kier molecular flexibility index (Phi) is 6.76. The number of hydrogen-bond acceptors (Lipinski definition) is 6. The number of benzene rings is 2. The van der Waals surface area contributed by atoms with Gasteiger partial charge in [-0.1, -0.05) is 60.2 Å². The Balaban J connectivity index is 1.20. The summed E-state index contributed by atoms with van der Waals surface area (Å²) >= 11 is 14.4. The maximum Gasteiger partial charge on any atom is 0.253 e. The van der Waals surface area contributed by atoms with Gasteiger partial charge in [-0.05, 0) is 43.2 Å². The molecule has 3 saturated heterocycles. The van der Waals surface area contributed by atoms with Crippen LogP contribution >= 0.6 is 23.2 Å². The molecule has 2 aromatic rings. The number of hydrogen-bond donors (Lipinski definition) is 1. The summed E-state index contributed by atoms with van der Waals surface area (Å²) in [5, 5.41) is 10.9. The summed E-state index contributed by atoms with van der Waals surface area (Å²) in [7, 11) is 1.36. The molecule has 0 unspecified atom stereocenters. The monoisotopic (exact) mass is 621 g/mol. The molecular formula is C33H33Cl2N3O5. The highest BCUT2D eigenvalue weighted by Gasteiger charge is 2.76. The second-order valence-electron chi connectivity index (χ2n) is 12.6. The molecule has 4 fully saturated rings. The first kappa shape index (κ1) is 28.6. The van der Waals surface area contributed by atoms with Crippen molar-refractivity contribution in [2.45, 2.75) is 53.9 Å². The van der Waals surface area contributed by atoms with Gasteiger partial charge >= 0.3 is 0 Å². The number of alkyl halides is 2. The molecule has 1 N–H and O–H groups in total. The SMILES string of the molecule is CN1C(=O)[C@]2(Cl)C[C@@H]3C(=CC[C@@H]4C(=O)N(C5CCN(Cc6ccccc6)CC5)C(=O)[C@@H]43)[C@H](c3ccccc3O)[C@]2(Cl)C1=O. The van der Waals surface area contributed by atoms with Gasteiger partial charge in [0.15, 0.2) is 9.75 Å². The van der Waals surface area contributed by atoms with Crippen molar-refractivity contribution >= 4 is 46.8 Å². The fourth-order valence-electron chi connectivity index (χ4n) is 8.38. The molecule has 224 valence electrons. The molecule has 10 heteroatoms. The molecule has 2 aromatic carbocycles. The third-order valence-corrected chi connectivity index (χ3v) is 11.9. The van der Waals surface area contributed by atoms with Gasteiger partial charge < -0.3 is 5.11 Å². The largest absolute Gasteiger partial charge is 0.508 e. The Morgan fingerprint density at radius 3 is 2.26 bits per heavy atom. The van der Waals surface area contributed by atoms with Crippen molar-refractivity contribution in [3.8, 4) is 5.75 Å². The first-order valence-corrected chi connectivity index (χ1v) is 15.6. The van der Waals surface area contributed by atoms with Crippen LogP contribution in [0.3, 0.4) is 0 Å². The molecule has 1 saturated carbocycles. The van der Waals surface area contributed by atoms with Crippen molar-refractivity contribution < 1.29 is 24.3 Å². The molecule has 0 bridgehead atoms. The minimum Gasteiger partial charge on any atom is -0.508 e. The van der Waals surface area contributed by atoms with Gasteiger partial charge in [-0.15, -0.1) is 23.2 Å². The summed E-state index contributed by atoms with van der Waals surface area (Å²) in [5.41, 5.74) is 2.28. The number of imide groups is 2. The van der Waals surface area contributed by atoms with Crippen LogP contribution in [0.2, 0.25) is 0 Å². The van der Waals surface area contributed by atoms with E-state index in [1.165, 1.54) is 23.6 Å². The number of amides is 4. The van der Waals surface area contributed by atoms with Crippen molar-refractivity contribution in [1.82, 2.24) is 14.7 Å². The third kappa shape index (κ3) is 3.99. The molecule has 2 aliphatic carbocycles. The van der Waals surface area contributed by atoms with Crippen LogP contribution in [0.5, 0.6) is 5.75 Å². The maximum absolute atomic E-state index is 14.3. The van der Waals surface area contributed by atoms with Gasteiger partial charge in [0.2, 0.25) is 11.8 Å². The topological polar surface area (TPSA) is 98.2 Å². The molecule has 3 heterocycles. The van der Waals surface area contributed by atoms with Crippen molar-refractivity contribution in [3.63, 3.8) is 0 Å². The number of allylic oxidation sites excluding steroid dienone is 2. The highest BCUT2D eigenvalue weighted by Crippen LogP contribution is 2.66. The molecule has 6 atom stereocenters. The number of aromatic hydroxyl groups is 1. The number of nitrogens with zero attached hydrogens (tertiary/aromatic N) is 3. The predicted octanol–water partition coefficient (Wildman–Crippen LogP) is 4.05. The van der Waals surface area contributed by atoms with Crippen LogP contribution in [0.1, 0.15) is 42.7 Å². The van der Waals surface area contributed by atoms with Crippen LogP contribution < -0.4 is 0 Å². The maximum atomic E-state index is 14.3. The number of piperidine rings is 1. The average molecular weight is 623 g/mol. The first-order chi connectivity index (χ1) is 20.6. The van der Waals surface area contributed by atoms with E-state index in [1.807, 2.05) is 24.3 Å². The van der Waals surface area contributed by atoms with E-state index in [0.29, 0.717) is 30.4 Å². The van der Waals surface area contributed by atoms with Crippen molar-refractivity contribution in [2.75, 3.05) is 20.1 Å². The van der Waals surface area contributed by atoms with E-state index < -0.39 is 45.2 Å². The van der Waals surface area contributed by atoms with Crippen LogP contribution in [0.25, 0.3) is 0 Å². The Labute approximate surface area is 260 Å². The Morgan fingerprint density at radius 1 is 0.884 bits per heavy atom. The lowest BCUT2D eigenvalue weighted by molar-refractivity contribution is -0.144. The highest BCUT2D eigenvalue weighted by molar-refractivity contribution is 6.53. The Hall–Kier alpha value is -3.20. The van der Waals surface area contributed by atoms with Gasteiger partial charge in [0.25, 0.3) is 11.8 Å². The molecule has 0 radical (unpaired) electrons. The highest BCUT2D eigenvalue weighted by atomic mass is 35.5. The second kappa shape index (κ2) is 10.2. The number of carbonyl (C=O) groups excluding carboxylic acids is 4. The number of fused-ring (bicyclic) bond motifs is 4. The molecule has 43 heavy (non-hydrogen) atoms. The van der Waals surface area contributed by atoms with Crippen molar-refractivity contribution in [3.05, 3.63) is 77.4 Å². The molecule has 4 amide bonds. The van der Waals surface area contributed by atoms with E-state index in [0.717, 1.165) is 24.5 Å². The van der Waals surface area contributed by atoms with Crippen LogP contribution in [0.15, 0.2) is 66.2 Å². The molecule has 0 spiro atoms. The molecule has 0 aromatic heterocycles. The number of carbonyl (C=O) groups is 4. The number of halogens is 2. The zero-order valence-corrected chi connectivity index (χ0v) is 25.3. The zero-order valence-electron chi connectivity index (χ0n) is 23.8. The van der Waals surface area contributed by atoms with E-state index in [9.17, 15) is 24.3 Å².